The van der Waals surface area contributed by atoms with Gasteiger partial charge in [0.1, 0.15) is 23.2 Å². The quantitative estimate of drug-likeness (QED) is 0.782. The maximum Gasteiger partial charge on any atom is 0.415 e. The molecule has 0 radical (unpaired) electrons. The molecule has 0 aliphatic carbocycles. The van der Waals surface area contributed by atoms with Crippen molar-refractivity contribution in [3.05, 3.63) is 23.5 Å². The third-order valence-electron chi connectivity index (χ3n) is 3.41. The normalized spacial score (nSPS) is 16.8. The number of benzene rings is 1. The number of methoxy groups -OCH3 is 2. The van der Waals surface area contributed by atoms with Gasteiger partial charge in [0.05, 0.1) is 19.9 Å². The van der Waals surface area contributed by atoms with Crippen molar-refractivity contribution in [2.75, 3.05) is 19.1 Å². The van der Waals surface area contributed by atoms with E-state index in [1.54, 1.807) is 20.8 Å². The molecule has 0 saturated carbocycles. The van der Waals surface area contributed by atoms with Gasteiger partial charge in [0.15, 0.2) is 0 Å². The highest BCUT2D eigenvalue weighted by Crippen LogP contribution is 2.38. The Bertz CT molecular complexity index is 638. The summed E-state index contributed by atoms with van der Waals surface area (Å²) >= 11 is 0. The molecule has 2 rings (SSSR count). The maximum atomic E-state index is 14.2. The Morgan fingerprint density at radius 2 is 1.91 bits per heavy atom. The van der Waals surface area contributed by atoms with Crippen LogP contribution in [0.5, 0.6) is 5.75 Å². The van der Waals surface area contributed by atoms with E-state index in [0.29, 0.717) is 0 Å². The SMILES string of the molecule is COC(=O)[C@H]1Cc2c(F)cc(OC)cc2N1C(=O)OC(C)(C)C. The van der Waals surface area contributed by atoms with Gasteiger partial charge in [0, 0.05) is 24.1 Å². The summed E-state index contributed by atoms with van der Waals surface area (Å²) in [6.45, 7) is 5.13. The second-order valence-electron chi connectivity index (χ2n) is 6.20. The fraction of sp³-hybridized carbons (Fsp3) is 0.500. The summed E-state index contributed by atoms with van der Waals surface area (Å²) in [4.78, 5) is 25.6. The summed E-state index contributed by atoms with van der Waals surface area (Å²) in [5.74, 6) is -0.926. The topological polar surface area (TPSA) is 65.1 Å². The van der Waals surface area contributed by atoms with Gasteiger partial charge in [0.2, 0.25) is 0 Å². The monoisotopic (exact) mass is 325 g/mol. The molecule has 0 unspecified atom stereocenters. The molecule has 0 aromatic heterocycles. The fourth-order valence-corrected chi connectivity index (χ4v) is 2.45. The molecule has 1 heterocycles. The first-order valence-electron chi connectivity index (χ1n) is 7.14. The lowest BCUT2D eigenvalue weighted by Gasteiger charge is -2.28. The van der Waals surface area contributed by atoms with Gasteiger partial charge in [-0.1, -0.05) is 0 Å². The smallest absolute Gasteiger partial charge is 0.415 e. The van der Waals surface area contributed by atoms with Crippen molar-refractivity contribution in [1.29, 1.82) is 0 Å². The first kappa shape index (κ1) is 17.1. The number of hydrogen-bond acceptors (Lipinski definition) is 5. The van der Waals surface area contributed by atoms with E-state index in [0.717, 1.165) is 4.90 Å². The van der Waals surface area contributed by atoms with Crippen molar-refractivity contribution < 1.29 is 28.2 Å². The lowest BCUT2D eigenvalue weighted by Crippen LogP contribution is -2.45. The summed E-state index contributed by atoms with van der Waals surface area (Å²) in [5.41, 5.74) is -0.240. The predicted molar refractivity (Wildman–Crippen MR) is 81.2 cm³/mol. The van der Waals surface area contributed by atoms with Gasteiger partial charge < -0.3 is 14.2 Å². The van der Waals surface area contributed by atoms with Gasteiger partial charge in [-0.25, -0.2) is 14.0 Å². The molecule has 0 saturated heterocycles. The zero-order valence-electron chi connectivity index (χ0n) is 13.8. The van der Waals surface area contributed by atoms with E-state index in [9.17, 15) is 14.0 Å². The third-order valence-corrected chi connectivity index (χ3v) is 3.41. The lowest BCUT2D eigenvalue weighted by molar-refractivity contribution is -0.142. The van der Waals surface area contributed by atoms with Gasteiger partial charge in [-0.3, -0.25) is 4.90 Å². The van der Waals surface area contributed by atoms with Crippen LogP contribution in [0.4, 0.5) is 14.9 Å². The Labute approximate surface area is 134 Å². The number of halogens is 1. The number of hydrogen-bond donors (Lipinski definition) is 0. The molecule has 23 heavy (non-hydrogen) atoms. The second kappa shape index (κ2) is 6.06. The molecular formula is C16H20FNO5. The molecule has 1 aliphatic heterocycles. The van der Waals surface area contributed by atoms with Crippen molar-refractivity contribution in [2.24, 2.45) is 0 Å². The molecule has 1 atom stereocenters. The van der Waals surface area contributed by atoms with Crippen LogP contribution >= 0.6 is 0 Å². The molecule has 1 aromatic carbocycles. The number of esters is 1. The van der Waals surface area contributed by atoms with E-state index in [4.69, 9.17) is 14.2 Å². The number of carbonyl (C=O) groups is 2. The summed E-state index contributed by atoms with van der Waals surface area (Å²) in [5, 5.41) is 0. The lowest BCUT2D eigenvalue weighted by atomic mass is 10.1. The maximum absolute atomic E-state index is 14.2. The highest BCUT2D eigenvalue weighted by molar-refractivity contribution is 5.99. The fourth-order valence-electron chi connectivity index (χ4n) is 2.45. The summed E-state index contributed by atoms with van der Waals surface area (Å²) in [7, 11) is 2.61. The Kier molecular flexibility index (Phi) is 4.49. The average Bonchev–Trinajstić information content (AvgIpc) is 2.84. The highest BCUT2D eigenvalue weighted by atomic mass is 19.1. The zero-order chi connectivity index (χ0) is 17.4. The minimum Gasteiger partial charge on any atom is -0.497 e. The number of rotatable bonds is 2. The second-order valence-corrected chi connectivity index (χ2v) is 6.20. The van der Waals surface area contributed by atoms with Crippen LogP contribution in [0.3, 0.4) is 0 Å². The Morgan fingerprint density at radius 3 is 2.43 bits per heavy atom. The number of carbonyl (C=O) groups excluding carboxylic acids is 2. The van der Waals surface area contributed by atoms with Gasteiger partial charge in [-0.05, 0) is 20.8 Å². The van der Waals surface area contributed by atoms with E-state index in [1.807, 2.05) is 0 Å². The number of anilines is 1. The molecule has 0 N–H and O–H groups in total. The minimum absolute atomic E-state index is 0.0249. The summed E-state index contributed by atoms with van der Waals surface area (Å²) < 4.78 is 29.3. The van der Waals surface area contributed by atoms with Gasteiger partial charge in [-0.15, -0.1) is 0 Å². The molecule has 0 spiro atoms. The van der Waals surface area contributed by atoms with Crippen LogP contribution in [0.1, 0.15) is 26.3 Å². The van der Waals surface area contributed by atoms with Crippen LogP contribution in [-0.4, -0.2) is 37.9 Å². The third kappa shape index (κ3) is 3.38. The van der Waals surface area contributed by atoms with Crippen LogP contribution < -0.4 is 9.64 Å². The number of nitrogens with zero attached hydrogens (tertiary/aromatic N) is 1. The number of amides is 1. The molecule has 126 valence electrons. The van der Waals surface area contributed by atoms with E-state index >= 15 is 0 Å². The summed E-state index contributed by atoms with van der Waals surface area (Å²) in [6, 6.07) is 1.75. The number of fused-ring (bicyclic) bond motifs is 1. The van der Waals surface area contributed by atoms with Crippen molar-refractivity contribution in [3.63, 3.8) is 0 Å². The average molecular weight is 325 g/mol. The molecule has 7 heteroatoms. The van der Waals surface area contributed by atoms with Gasteiger partial charge in [0.25, 0.3) is 0 Å². The molecule has 1 amide bonds. The van der Waals surface area contributed by atoms with Crippen molar-refractivity contribution >= 4 is 17.7 Å². The summed E-state index contributed by atoms with van der Waals surface area (Å²) in [6.07, 6.45) is -0.712. The number of ether oxygens (including phenoxy) is 3. The van der Waals surface area contributed by atoms with Crippen molar-refractivity contribution in [2.45, 2.75) is 38.8 Å². The highest BCUT2D eigenvalue weighted by Gasteiger charge is 2.43. The van der Waals surface area contributed by atoms with Crippen LogP contribution in [0, 0.1) is 5.82 Å². The van der Waals surface area contributed by atoms with Crippen LogP contribution in [0.15, 0.2) is 12.1 Å². The van der Waals surface area contributed by atoms with Crippen molar-refractivity contribution in [3.8, 4) is 5.75 Å². The van der Waals surface area contributed by atoms with Gasteiger partial charge in [-0.2, -0.15) is 0 Å². The minimum atomic E-state index is -0.966. The molecule has 0 fully saturated rings. The Balaban J connectivity index is 2.49. The van der Waals surface area contributed by atoms with Crippen LogP contribution in [0.25, 0.3) is 0 Å². The first-order chi connectivity index (χ1) is 10.7. The first-order valence-corrected chi connectivity index (χ1v) is 7.14. The van der Waals surface area contributed by atoms with E-state index in [1.165, 1.54) is 26.4 Å². The van der Waals surface area contributed by atoms with Crippen molar-refractivity contribution in [1.82, 2.24) is 0 Å². The zero-order valence-corrected chi connectivity index (χ0v) is 13.8. The van der Waals surface area contributed by atoms with E-state index < -0.39 is 29.5 Å². The molecule has 6 nitrogen and oxygen atoms in total. The molecular weight excluding hydrogens is 305 g/mol. The largest absolute Gasteiger partial charge is 0.497 e. The van der Waals surface area contributed by atoms with Crippen LogP contribution in [-0.2, 0) is 20.7 Å². The van der Waals surface area contributed by atoms with E-state index in [-0.39, 0.29) is 23.4 Å². The predicted octanol–water partition coefficient (Wildman–Crippen LogP) is 2.67. The Morgan fingerprint density at radius 1 is 1.26 bits per heavy atom. The molecule has 1 aromatic rings. The van der Waals surface area contributed by atoms with Crippen LogP contribution in [0.2, 0.25) is 0 Å². The van der Waals surface area contributed by atoms with Gasteiger partial charge >= 0.3 is 12.1 Å². The standard InChI is InChI=1S/C16H20FNO5/c1-16(2,3)23-15(20)18-12-7-9(21-4)6-11(17)10(12)8-13(18)14(19)22-5/h6-7,13H,8H2,1-5H3/t13-/m1/s1. The Hall–Kier alpha value is -2.31. The van der Waals surface area contributed by atoms with E-state index in [2.05, 4.69) is 0 Å². The molecule has 1 aliphatic rings. The molecule has 0 bridgehead atoms.